The average molecular weight is 357 g/mol. The van der Waals surface area contributed by atoms with Crippen LogP contribution in [0.3, 0.4) is 0 Å². The molecule has 0 bridgehead atoms. The van der Waals surface area contributed by atoms with E-state index in [9.17, 15) is 10.2 Å². The van der Waals surface area contributed by atoms with Crippen LogP contribution in [0.5, 0.6) is 0 Å². The summed E-state index contributed by atoms with van der Waals surface area (Å²) < 4.78 is 0. The first kappa shape index (κ1) is 24.9. The SMILES string of the molecule is CC.CC[C@H](C(C)(CC)CCCC(C)(C)O)C1(C)CCCC(O)C1C. The first-order valence-corrected chi connectivity index (χ1v) is 10.9. The van der Waals surface area contributed by atoms with Gasteiger partial charge in [-0.1, -0.05) is 74.1 Å². The lowest BCUT2D eigenvalue weighted by Crippen LogP contribution is -2.48. The monoisotopic (exact) mass is 356 g/mol. The molecule has 0 aromatic heterocycles. The molecule has 2 heteroatoms. The highest BCUT2D eigenvalue weighted by molar-refractivity contribution is 4.99. The van der Waals surface area contributed by atoms with E-state index in [1.165, 1.54) is 25.7 Å². The largest absolute Gasteiger partial charge is 0.393 e. The van der Waals surface area contributed by atoms with Crippen LogP contribution >= 0.6 is 0 Å². The first-order valence-electron chi connectivity index (χ1n) is 10.9. The van der Waals surface area contributed by atoms with E-state index in [1.54, 1.807) is 0 Å². The first-order chi connectivity index (χ1) is 11.5. The van der Waals surface area contributed by atoms with Crippen molar-refractivity contribution in [2.45, 2.75) is 125 Å². The molecular weight excluding hydrogens is 308 g/mol. The lowest BCUT2D eigenvalue weighted by molar-refractivity contribution is -0.0857. The number of aliphatic hydroxyl groups excluding tert-OH is 1. The van der Waals surface area contributed by atoms with Crippen LogP contribution in [0, 0.1) is 22.7 Å². The third-order valence-corrected chi connectivity index (χ3v) is 7.22. The van der Waals surface area contributed by atoms with Crippen LogP contribution in [-0.2, 0) is 0 Å². The zero-order valence-corrected chi connectivity index (χ0v) is 18.8. The normalized spacial score (nSPS) is 30.8. The molecule has 1 fully saturated rings. The van der Waals surface area contributed by atoms with Crippen LogP contribution in [0.2, 0.25) is 0 Å². The second kappa shape index (κ2) is 10.3. The summed E-state index contributed by atoms with van der Waals surface area (Å²) in [7, 11) is 0. The summed E-state index contributed by atoms with van der Waals surface area (Å²) in [6.45, 7) is 19.6. The molecule has 0 aromatic carbocycles. The van der Waals surface area contributed by atoms with Crippen molar-refractivity contribution in [1.29, 1.82) is 0 Å². The Balaban J connectivity index is 0.00000277. The van der Waals surface area contributed by atoms with Gasteiger partial charge in [-0.05, 0) is 62.2 Å². The standard InChI is InChI=1S/C21H42O2.C2H6/c1-8-18(21(7)15-10-12-17(22)16(21)3)20(6,9-2)14-11-13-19(4,5)23;1-2/h16-18,22-23H,8-15H2,1-7H3;1-2H3/t16?,17?,18-,20?,21?;/m1./s1. The van der Waals surface area contributed by atoms with E-state index in [1.807, 2.05) is 27.7 Å². The molecule has 0 heterocycles. The van der Waals surface area contributed by atoms with Crippen molar-refractivity contribution in [3.05, 3.63) is 0 Å². The highest BCUT2D eigenvalue weighted by atomic mass is 16.3. The van der Waals surface area contributed by atoms with Crippen LogP contribution < -0.4 is 0 Å². The molecule has 0 radical (unpaired) electrons. The van der Waals surface area contributed by atoms with E-state index in [4.69, 9.17) is 0 Å². The summed E-state index contributed by atoms with van der Waals surface area (Å²) in [5.74, 6) is 1.01. The van der Waals surface area contributed by atoms with Crippen molar-refractivity contribution >= 4 is 0 Å². The van der Waals surface area contributed by atoms with Crippen molar-refractivity contribution in [2.75, 3.05) is 0 Å². The molecule has 0 spiro atoms. The van der Waals surface area contributed by atoms with Crippen LogP contribution in [-0.4, -0.2) is 21.9 Å². The van der Waals surface area contributed by atoms with Crippen molar-refractivity contribution in [3.63, 3.8) is 0 Å². The highest BCUT2D eigenvalue weighted by Crippen LogP contribution is 2.56. The molecule has 2 N–H and O–H groups in total. The third-order valence-electron chi connectivity index (χ3n) is 7.22. The number of hydrogen-bond acceptors (Lipinski definition) is 2. The number of hydrogen-bond donors (Lipinski definition) is 2. The van der Waals surface area contributed by atoms with Crippen molar-refractivity contribution < 1.29 is 10.2 Å². The maximum absolute atomic E-state index is 10.4. The van der Waals surface area contributed by atoms with Crippen LogP contribution in [0.15, 0.2) is 0 Å². The summed E-state index contributed by atoms with van der Waals surface area (Å²) in [5, 5.41) is 20.5. The fourth-order valence-corrected chi connectivity index (χ4v) is 5.38. The Bertz CT molecular complexity index is 360. The van der Waals surface area contributed by atoms with Gasteiger partial charge >= 0.3 is 0 Å². The van der Waals surface area contributed by atoms with E-state index >= 15 is 0 Å². The van der Waals surface area contributed by atoms with E-state index in [0.717, 1.165) is 25.7 Å². The Kier molecular flexibility index (Phi) is 10.3. The van der Waals surface area contributed by atoms with Gasteiger partial charge in [0.2, 0.25) is 0 Å². The van der Waals surface area contributed by atoms with Gasteiger partial charge in [0.1, 0.15) is 0 Å². The van der Waals surface area contributed by atoms with Crippen molar-refractivity contribution in [3.8, 4) is 0 Å². The molecule has 1 aliphatic carbocycles. The lowest BCUT2D eigenvalue weighted by Gasteiger charge is -2.54. The highest BCUT2D eigenvalue weighted by Gasteiger charge is 2.49. The number of aliphatic hydroxyl groups is 2. The molecule has 2 nitrogen and oxygen atoms in total. The minimum atomic E-state index is -0.561. The Morgan fingerprint density at radius 3 is 2.12 bits per heavy atom. The quantitative estimate of drug-likeness (QED) is 0.515. The van der Waals surface area contributed by atoms with Gasteiger partial charge in [-0.3, -0.25) is 0 Å². The molecule has 25 heavy (non-hydrogen) atoms. The van der Waals surface area contributed by atoms with Gasteiger partial charge in [-0.2, -0.15) is 0 Å². The van der Waals surface area contributed by atoms with Crippen LogP contribution in [0.25, 0.3) is 0 Å². The van der Waals surface area contributed by atoms with E-state index in [0.29, 0.717) is 17.3 Å². The average Bonchev–Trinajstić information content (AvgIpc) is 2.54. The molecule has 1 aliphatic rings. The molecule has 0 amide bonds. The Morgan fingerprint density at radius 1 is 1.12 bits per heavy atom. The zero-order chi connectivity index (χ0) is 19.9. The third kappa shape index (κ3) is 6.54. The Hall–Kier alpha value is -0.0800. The molecule has 0 aromatic rings. The predicted octanol–water partition coefficient (Wildman–Crippen LogP) is 6.58. The van der Waals surface area contributed by atoms with Crippen molar-refractivity contribution in [1.82, 2.24) is 0 Å². The van der Waals surface area contributed by atoms with Gasteiger partial charge in [-0.25, -0.2) is 0 Å². The summed E-state index contributed by atoms with van der Waals surface area (Å²) in [6.07, 6.45) is 8.70. The fourth-order valence-electron chi connectivity index (χ4n) is 5.38. The minimum Gasteiger partial charge on any atom is -0.393 e. The maximum Gasteiger partial charge on any atom is 0.0591 e. The molecule has 1 saturated carbocycles. The van der Waals surface area contributed by atoms with Crippen molar-refractivity contribution in [2.24, 2.45) is 22.7 Å². The van der Waals surface area contributed by atoms with Crippen LogP contribution in [0.1, 0.15) is 114 Å². The molecular formula is C23H48O2. The number of rotatable bonds is 8. The van der Waals surface area contributed by atoms with Gasteiger partial charge in [0.05, 0.1) is 11.7 Å². The smallest absolute Gasteiger partial charge is 0.0591 e. The van der Waals surface area contributed by atoms with E-state index < -0.39 is 5.60 Å². The summed E-state index contributed by atoms with van der Waals surface area (Å²) >= 11 is 0. The second-order valence-electron chi connectivity index (χ2n) is 9.39. The summed E-state index contributed by atoms with van der Waals surface area (Å²) in [5.41, 5.74) is -0.0411. The lowest BCUT2D eigenvalue weighted by atomic mass is 9.51. The summed E-state index contributed by atoms with van der Waals surface area (Å²) in [4.78, 5) is 0. The predicted molar refractivity (Wildman–Crippen MR) is 111 cm³/mol. The van der Waals surface area contributed by atoms with Gasteiger partial charge < -0.3 is 10.2 Å². The molecule has 1 rings (SSSR count). The van der Waals surface area contributed by atoms with E-state index in [-0.39, 0.29) is 11.5 Å². The Labute approximate surface area is 158 Å². The van der Waals surface area contributed by atoms with E-state index in [2.05, 4.69) is 34.6 Å². The summed E-state index contributed by atoms with van der Waals surface area (Å²) in [6, 6.07) is 0. The minimum absolute atomic E-state index is 0.139. The van der Waals surface area contributed by atoms with Gasteiger partial charge in [-0.15, -0.1) is 0 Å². The molecule has 4 unspecified atom stereocenters. The van der Waals surface area contributed by atoms with Gasteiger partial charge in [0, 0.05) is 0 Å². The fraction of sp³-hybridized carbons (Fsp3) is 1.00. The molecule has 152 valence electrons. The maximum atomic E-state index is 10.4. The Morgan fingerprint density at radius 2 is 1.68 bits per heavy atom. The molecule has 0 aliphatic heterocycles. The molecule has 0 saturated heterocycles. The molecule has 5 atom stereocenters. The topological polar surface area (TPSA) is 40.5 Å². The van der Waals surface area contributed by atoms with Gasteiger partial charge in [0.25, 0.3) is 0 Å². The van der Waals surface area contributed by atoms with Gasteiger partial charge in [0.15, 0.2) is 0 Å². The second-order valence-corrected chi connectivity index (χ2v) is 9.39. The zero-order valence-electron chi connectivity index (χ0n) is 18.8. The van der Waals surface area contributed by atoms with Crippen LogP contribution in [0.4, 0.5) is 0 Å².